The van der Waals surface area contributed by atoms with Gasteiger partial charge >= 0.3 is 0 Å². The molecule has 1 fully saturated rings. The number of nitrogens with one attached hydrogen (secondary N) is 1. The second-order valence-electron chi connectivity index (χ2n) is 6.40. The topological polar surface area (TPSA) is 15.3 Å². The van der Waals surface area contributed by atoms with Crippen molar-refractivity contribution in [1.82, 2.24) is 5.32 Å². The number of benzene rings is 1. The molecule has 0 aliphatic carbocycles. The minimum absolute atomic E-state index is 0.0806. The zero-order chi connectivity index (χ0) is 14.9. The quantitative estimate of drug-likeness (QED) is 0.774. The minimum atomic E-state index is -0.544. The van der Waals surface area contributed by atoms with Crippen LogP contribution >= 0.6 is 23.2 Å². The van der Waals surface area contributed by atoms with E-state index in [2.05, 4.69) is 31.0 Å². The summed E-state index contributed by atoms with van der Waals surface area (Å²) in [5, 5.41) is 3.74. The van der Waals surface area contributed by atoms with Crippen LogP contribution in [0, 0.1) is 11.2 Å². The molecule has 1 saturated heterocycles. The number of hydrogen-bond donors (Lipinski definition) is 1. The summed E-state index contributed by atoms with van der Waals surface area (Å²) in [5.41, 5.74) is 1.05. The lowest BCUT2D eigenvalue weighted by Gasteiger charge is -2.34. The average molecular weight is 319 g/mol. The summed E-state index contributed by atoms with van der Waals surface area (Å²) >= 11 is 11.8. The molecule has 1 N–H and O–H groups in total. The molecular weight excluding hydrogens is 298 g/mol. The van der Waals surface area contributed by atoms with Crippen molar-refractivity contribution >= 4 is 28.9 Å². The van der Waals surface area contributed by atoms with E-state index in [1.54, 1.807) is 12.1 Å². The highest BCUT2D eigenvalue weighted by atomic mass is 35.5. The van der Waals surface area contributed by atoms with Crippen molar-refractivity contribution in [2.45, 2.75) is 33.2 Å². The van der Waals surface area contributed by atoms with Crippen LogP contribution in [0.1, 0.15) is 27.2 Å². The molecule has 1 aliphatic rings. The van der Waals surface area contributed by atoms with Gasteiger partial charge in [0.15, 0.2) is 5.82 Å². The van der Waals surface area contributed by atoms with E-state index in [1.807, 2.05) is 0 Å². The van der Waals surface area contributed by atoms with Crippen molar-refractivity contribution in [2.24, 2.45) is 5.41 Å². The van der Waals surface area contributed by atoms with Crippen LogP contribution in [0.4, 0.5) is 10.1 Å². The highest BCUT2D eigenvalue weighted by Gasteiger charge is 2.28. The van der Waals surface area contributed by atoms with Gasteiger partial charge in [0.25, 0.3) is 0 Å². The normalized spacial score (nSPS) is 20.9. The molecule has 0 spiro atoms. The molecule has 0 aromatic heterocycles. The van der Waals surface area contributed by atoms with Crippen molar-refractivity contribution in [3.63, 3.8) is 0 Å². The maximum Gasteiger partial charge on any atom is 0.160 e. The SMILES string of the molecule is CC(C)(C)C1CN(c2cc(Cl)c(F)c(Cl)c2)CCCN1. The Kier molecular flexibility index (Phi) is 4.83. The van der Waals surface area contributed by atoms with Crippen molar-refractivity contribution in [2.75, 3.05) is 24.5 Å². The lowest BCUT2D eigenvalue weighted by molar-refractivity contribution is 0.280. The van der Waals surface area contributed by atoms with E-state index < -0.39 is 5.82 Å². The Morgan fingerprint density at radius 1 is 1.25 bits per heavy atom. The summed E-state index contributed by atoms with van der Waals surface area (Å²) in [6.45, 7) is 9.43. The molecule has 0 amide bonds. The maximum atomic E-state index is 13.5. The van der Waals surface area contributed by atoms with Gasteiger partial charge in [-0.15, -0.1) is 0 Å². The van der Waals surface area contributed by atoms with Crippen LogP contribution in [0.3, 0.4) is 0 Å². The third-order valence-electron chi connectivity index (χ3n) is 3.78. The molecule has 0 saturated carbocycles. The van der Waals surface area contributed by atoms with Gasteiger partial charge < -0.3 is 10.2 Å². The summed E-state index contributed by atoms with van der Waals surface area (Å²) in [4.78, 5) is 2.23. The molecule has 112 valence electrons. The first-order chi connectivity index (χ1) is 9.29. The van der Waals surface area contributed by atoms with E-state index in [9.17, 15) is 4.39 Å². The minimum Gasteiger partial charge on any atom is -0.370 e. The number of rotatable bonds is 1. The Morgan fingerprint density at radius 3 is 2.40 bits per heavy atom. The van der Waals surface area contributed by atoms with E-state index >= 15 is 0 Å². The van der Waals surface area contributed by atoms with Gasteiger partial charge in [0.1, 0.15) is 0 Å². The Balaban J connectivity index is 2.27. The number of halogens is 3. The van der Waals surface area contributed by atoms with Gasteiger partial charge in [-0.05, 0) is 30.5 Å². The van der Waals surface area contributed by atoms with Gasteiger partial charge in [-0.2, -0.15) is 0 Å². The molecule has 1 aliphatic heterocycles. The third kappa shape index (κ3) is 3.57. The van der Waals surface area contributed by atoms with Crippen molar-refractivity contribution < 1.29 is 4.39 Å². The van der Waals surface area contributed by atoms with Crippen molar-refractivity contribution in [3.8, 4) is 0 Å². The fourth-order valence-electron chi connectivity index (χ4n) is 2.46. The highest BCUT2D eigenvalue weighted by molar-refractivity contribution is 6.35. The lowest BCUT2D eigenvalue weighted by Crippen LogP contribution is -2.46. The maximum absolute atomic E-state index is 13.5. The lowest BCUT2D eigenvalue weighted by atomic mass is 9.86. The number of anilines is 1. The molecule has 2 nitrogen and oxygen atoms in total. The molecule has 2 rings (SSSR count). The standard InChI is InChI=1S/C15H21Cl2FN2/c1-15(2,3)13-9-20(6-4-5-19-13)10-7-11(16)14(18)12(17)8-10/h7-8,13,19H,4-6,9H2,1-3H3. The molecule has 1 aromatic rings. The van der Waals surface area contributed by atoms with Gasteiger partial charge in [0, 0.05) is 24.8 Å². The van der Waals surface area contributed by atoms with E-state index in [4.69, 9.17) is 23.2 Å². The predicted molar refractivity (Wildman–Crippen MR) is 84.5 cm³/mol. The number of nitrogens with zero attached hydrogens (tertiary/aromatic N) is 1. The van der Waals surface area contributed by atoms with E-state index in [1.165, 1.54) is 0 Å². The fraction of sp³-hybridized carbons (Fsp3) is 0.600. The zero-order valence-corrected chi connectivity index (χ0v) is 13.7. The van der Waals surface area contributed by atoms with Crippen LogP contribution in [0.5, 0.6) is 0 Å². The highest BCUT2D eigenvalue weighted by Crippen LogP contribution is 2.31. The smallest absolute Gasteiger partial charge is 0.160 e. The Labute approximate surface area is 130 Å². The molecular formula is C15H21Cl2FN2. The number of hydrogen-bond acceptors (Lipinski definition) is 2. The van der Waals surface area contributed by atoms with Gasteiger partial charge in [0.2, 0.25) is 0 Å². The van der Waals surface area contributed by atoms with E-state index in [0.717, 1.165) is 31.7 Å². The Hall–Kier alpha value is -0.510. The average Bonchev–Trinajstić information content (AvgIpc) is 2.60. The summed E-state index contributed by atoms with van der Waals surface area (Å²) < 4.78 is 13.5. The monoisotopic (exact) mass is 318 g/mol. The Morgan fingerprint density at radius 2 is 1.85 bits per heavy atom. The van der Waals surface area contributed by atoms with Gasteiger partial charge in [-0.1, -0.05) is 44.0 Å². The van der Waals surface area contributed by atoms with Crippen LogP contribution in [-0.4, -0.2) is 25.7 Å². The van der Waals surface area contributed by atoms with E-state index in [-0.39, 0.29) is 15.5 Å². The van der Waals surface area contributed by atoms with Crippen LogP contribution < -0.4 is 10.2 Å². The van der Waals surface area contributed by atoms with Crippen LogP contribution in [0.2, 0.25) is 10.0 Å². The molecule has 1 heterocycles. The summed E-state index contributed by atoms with van der Waals surface area (Å²) in [6, 6.07) is 3.69. The van der Waals surface area contributed by atoms with Gasteiger partial charge in [-0.3, -0.25) is 0 Å². The predicted octanol–water partition coefficient (Wildman–Crippen LogP) is 4.35. The van der Waals surface area contributed by atoms with Crippen molar-refractivity contribution in [3.05, 3.63) is 28.0 Å². The first kappa shape index (κ1) is 15.9. The first-order valence-corrected chi connectivity index (χ1v) is 7.67. The molecule has 1 aromatic carbocycles. The molecule has 1 unspecified atom stereocenters. The summed E-state index contributed by atoms with van der Waals surface area (Å²) in [6.07, 6.45) is 1.04. The largest absolute Gasteiger partial charge is 0.370 e. The van der Waals surface area contributed by atoms with Crippen LogP contribution in [0.25, 0.3) is 0 Å². The second-order valence-corrected chi connectivity index (χ2v) is 7.21. The van der Waals surface area contributed by atoms with Gasteiger partial charge in [-0.25, -0.2) is 4.39 Å². The summed E-state index contributed by atoms with van der Waals surface area (Å²) in [7, 11) is 0. The van der Waals surface area contributed by atoms with Crippen LogP contribution in [0.15, 0.2) is 12.1 Å². The second kappa shape index (κ2) is 6.08. The zero-order valence-electron chi connectivity index (χ0n) is 12.1. The first-order valence-electron chi connectivity index (χ1n) is 6.92. The molecule has 1 atom stereocenters. The van der Waals surface area contributed by atoms with E-state index in [0.29, 0.717) is 6.04 Å². The molecule has 5 heteroatoms. The fourth-order valence-corrected chi connectivity index (χ4v) is 2.94. The molecule has 0 bridgehead atoms. The third-order valence-corrected chi connectivity index (χ3v) is 4.33. The molecule has 20 heavy (non-hydrogen) atoms. The summed E-state index contributed by atoms with van der Waals surface area (Å²) in [5.74, 6) is -0.544. The molecule has 0 radical (unpaired) electrons. The van der Waals surface area contributed by atoms with Crippen LogP contribution in [-0.2, 0) is 0 Å². The van der Waals surface area contributed by atoms with Gasteiger partial charge in [0.05, 0.1) is 10.0 Å². The van der Waals surface area contributed by atoms with Crippen molar-refractivity contribution in [1.29, 1.82) is 0 Å². The Bertz CT molecular complexity index is 462.